The van der Waals surface area contributed by atoms with Gasteiger partial charge in [0, 0.05) is 19.6 Å². The summed E-state index contributed by atoms with van der Waals surface area (Å²) in [7, 11) is 0. The van der Waals surface area contributed by atoms with Gasteiger partial charge in [-0.2, -0.15) is 0 Å². The van der Waals surface area contributed by atoms with Gasteiger partial charge in [-0.25, -0.2) is 0 Å². The number of hydrogen-bond acceptors (Lipinski definition) is 2. The highest BCUT2D eigenvalue weighted by molar-refractivity contribution is 5.80. The Balaban J connectivity index is 1.98. The topological polar surface area (TPSA) is 32.3 Å². The lowest BCUT2D eigenvalue weighted by atomic mass is 9.82. The van der Waals surface area contributed by atoms with Crippen LogP contribution in [-0.2, 0) is 4.79 Å². The highest BCUT2D eigenvalue weighted by Gasteiger charge is 2.40. The molecule has 3 nitrogen and oxygen atoms in total. The molecule has 0 radical (unpaired) electrons. The first-order valence-electron chi connectivity index (χ1n) is 7.11. The molecule has 2 fully saturated rings. The van der Waals surface area contributed by atoms with E-state index >= 15 is 0 Å². The van der Waals surface area contributed by atoms with Crippen LogP contribution in [-0.4, -0.2) is 37.0 Å². The minimum absolute atomic E-state index is 0.222. The molecule has 2 aliphatic rings. The van der Waals surface area contributed by atoms with Gasteiger partial charge in [0.15, 0.2) is 0 Å². The summed E-state index contributed by atoms with van der Waals surface area (Å²) in [6, 6.07) is 0. The number of carbonyl (C=O) groups is 1. The van der Waals surface area contributed by atoms with E-state index < -0.39 is 0 Å². The fourth-order valence-electron chi connectivity index (χ4n) is 3.33. The number of nitrogens with one attached hydrogen (secondary N) is 1. The van der Waals surface area contributed by atoms with E-state index in [1.807, 2.05) is 0 Å². The minimum Gasteiger partial charge on any atom is -0.342 e. The highest BCUT2D eigenvalue weighted by atomic mass is 16.2. The number of amides is 1. The molecule has 2 rings (SSSR count). The molecule has 0 aromatic rings. The van der Waals surface area contributed by atoms with Gasteiger partial charge in [0.05, 0.1) is 5.92 Å². The number of nitrogens with zero attached hydrogens (tertiary/aromatic N) is 1. The van der Waals surface area contributed by atoms with Gasteiger partial charge in [-0.1, -0.05) is 20.8 Å². The van der Waals surface area contributed by atoms with Crippen molar-refractivity contribution in [1.29, 1.82) is 0 Å². The summed E-state index contributed by atoms with van der Waals surface area (Å²) in [5.74, 6) is 1.12. The van der Waals surface area contributed by atoms with Crippen LogP contribution in [0.4, 0.5) is 0 Å². The minimum atomic E-state index is 0.222. The predicted octanol–water partition coefficient (Wildman–Crippen LogP) is 1.88. The Kier molecular flexibility index (Phi) is 3.76. The van der Waals surface area contributed by atoms with E-state index in [0.29, 0.717) is 17.2 Å². The third kappa shape index (κ3) is 2.35. The zero-order valence-electron chi connectivity index (χ0n) is 11.5. The van der Waals surface area contributed by atoms with E-state index in [9.17, 15) is 4.79 Å². The van der Waals surface area contributed by atoms with Gasteiger partial charge in [0.2, 0.25) is 5.91 Å². The highest BCUT2D eigenvalue weighted by Crippen LogP contribution is 2.38. The molecule has 2 unspecified atom stereocenters. The van der Waals surface area contributed by atoms with E-state index in [1.54, 1.807) is 0 Å². The molecular weight excluding hydrogens is 212 g/mol. The number of hydrogen-bond donors (Lipinski definition) is 1. The number of likely N-dealkylation sites (tertiary alicyclic amines) is 1. The molecule has 2 atom stereocenters. The van der Waals surface area contributed by atoms with Crippen LogP contribution in [0, 0.1) is 17.3 Å². The third-order valence-electron chi connectivity index (χ3n) is 5.08. The first-order valence-corrected chi connectivity index (χ1v) is 7.11. The van der Waals surface area contributed by atoms with Crippen molar-refractivity contribution in [1.82, 2.24) is 10.2 Å². The second kappa shape index (κ2) is 4.97. The van der Waals surface area contributed by atoms with Crippen molar-refractivity contribution in [2.75, 3.05) is 26.2 Å². The molecule has 2 aliphatic heterocycles. The standard InChI is InChI=1S/C14H26N2O/c1-4-14(5-2)6-7-16(10-14)13(17)12-9-15-8-11(12)3/h11-12,15H,4-10H2,1-3H3. The molecule has 0 spiro atoms. The Morgan fingerprint density at radius 3 is 2.53 bits per heavy atom. The molecule has 1 amide bonds. The van der Waals surface area contributed by atoms with Crippen LogP contribution in [0.3, 0.4) is 0 Å². The summed E-state index contributed by atoms with van der Waals surface area (Å²) in [5, 5.41) is 3.33. The van der Waals surface area contributed by atoms with Gasteiger partial charge in [-0.05, 0) is 37.1 Å². The van der Waals surface area contributed by atoms with E-state index in [0.717, 1.165) is 26.2 Å². The summed E-state index contributed by atoms with van der Waals surface area (Å²) in [5.41, 5.74) is 0.408. The molecule has 2 heterocycles. The summed E-state index contributed by atoms with van der Waals surface area (Å²) in [6.07, 6.45) is 3.60. The monoisotopic (exact) mass is 238 g/mol. The van der Waals surface area contributed by atoms with Crippen molar-refractivity contribution in [2.45, 2.75) is 40.0 Å². The Hall–Kier alpha value is -0.570. The Morgan fingerprint density at radius 1 is 1.35 bits per heavy atom. The molecule has 17 heavy (non-hydrogen) atoms. The smallest absolute Gasteiger partial charge is 0.227 e. The van der Waals surface area contributed by atoms with Crippen LogP contribution in [0.1, 0.15) is 40.0 Å². The maximum absolute atomic E-state index is 12.5. The van der Waals surface area contributed by atoms with Crippen molar-refractivity contribution < 1.29 is 4.79 Å². The number of carbonyl (C=O) groups excluding carboxylic acids is 1. The average molecular weight is 238 g/mol. The molecule has 2 saturated heterocycles. The second-order valence-electron chi connectivity index (χ2n) is 5.96. The third-order valence-corrected chi connectivity index (χ3v) is 5.08. The molecule has 0 bridgehead atoms. The zero-order valence-corrected chi connectivity index (χ0v) is 11.5. The number of rotatable bonds is 3. The summed E-state index contributed by atoms with van der Waals surface area (Å²) in [4.78, 5) is 14.6. The molecule has 98 valence electrons. The lowest BCUT2D eigenvalue weighted by Gasteiger charge is -2.28. The summed E-state index contributed by atoms with van der Waals surface area (Å²) >= 11 is 0. The quantitative estimate of drug-likeness (QED) is 0.814. The lowest BCUT2D eigenvalue weighted by molar-refractivity contribution is -0.135. The molecule has 0 saturated carbocycles. The normalized spacial score (nSPS) is 32.1. The SMILES string of the molecule is CCC1(CC)CCN(C(=O)C2CNCC2C)C1. The van der Waals surface area contributed by atoms with Crippen LogP contribution in [0.15, 0.2) is 0 Å². The zero-order chi connectivity index (χ0) is 12.5. The van der Waals surface area contributed by atoms with E-state index in [4.69, 9.17) is 0 Å². The second-order valence-corrected chi connectivity index (χ2v) is 5.96. The van der Waals surface area contributed by atoms with E-state index in [2.05, 4.69) is 31.0 Å². The average Bonchev–Trinajstić information content (AvgIpc) is 2.95. The van der Waals surface area contributed by atoms with Crippen molar-refractivity contribution >= 4 is 5.91 Å². The largest absolute Gasteiger partial charge is 0.342 e. The molecule has 3 heteroatoms. The summed E-state index contributed by atoms with van der Waals surface area (Å²) in [6.45, 7) is 10.5. The van der Waals surface area contributed by atoms with Crippen LogP contribution in [0.2, 0.25) is 0 Å². The van der Waals surface area contributed by atoms with Crippen LogP contribution in [0.5, 0.6) is 0 Å². The fourth-order valence-corrected chi connectivity index (χ4v) is 3.33. The van der Waals surface area contributed by atoms with Crippen LogP contribution >= 0.6 is 0 Å². The molecule has 0 aromatic carbocycles. The van der Waals surface area contributed by atoms with Gasteiger partial charge in [0.25, 0.3) is 0 Å². The molecule has 0 aliphatic carbocycles. The first kappa shape index (κ1) is 12.9. The van der Waals surface area contributed by atoms with Crippen molar-refractivity contribution in [3.05, 3.63) is 0 Å². The van der Waals surface area contributed by atoms with Crippen LogP contribution in [0.25, 0.3) is 0 Å². The van der Waals surface area contributed by atoms with Gasteiger partial charge in [0.1, 0.15) is 0 Å². The van der Waals surface area contributed by atoms with Gasteiger partial charge >= 0.3 is 0 Å². The van der Waals surface area contributed by atoms with Crippen molar-refractivity contribution in [2.24, 2.45) is 17.3 Å². The van der Waals surface area contributed by atoms with Crippen molar-refractivity contribution in [3.8, 4) is 0 Å². The van der Waals surface area contributed by atoms with Gasteiger partial charge in [-0.15, -0.1) is 0 Å². The Labute approximate surface area is 105 Å². The summed E-state index contributed by atoms with van der Waals surface area (Å²) < 4.78 is 0. The van der Waals surface area contributed by atoms with Gasteiger partial charge < -0.3 is 10.2 Å². The van der Waals surface area contributed by atoms with E-state index in [-0.39, 0.29) is 5.92 Å². The fraction of sp³-hybridized carbons (Fsp3) is 0.929. The maximum atomic E-state index is 12.5. The van der Waals surface area contributed by atoms with Crippen LogP contribution < -0.4 is 5.32 Å². The van der Waals surface area contributed by atoms with Gasteiger partial charge in [-0.3, -0.25) is 4.79 Å². The van der Waals surface area contributed by atoms with E-state index in [1.165, 1.54) is 19.3 Å². The van der Waals surface area contributed by atoms with Crippen molar-refractivity contribution in [3.63, 3.8) is 0 Å². The Bertz CT molecular complexity index is 286. The predicted molar refractivity (Wildman–Crippen MR) is 69.7 cm³/mol. The first-order chi connectivity index (χ1) is 8.12. The molecule has 1 N–H and O–H groups in total. The molecule has 0 aromatic heterocycles. The lowest BCUT2D eigenvalue weighted by Crippen LogP contribution is -2.38. The maximum Gasteiger partial charge on any atom is 0.227 e. The Morgan fingerprint density at radius 2 is 2.06 bits per heavy atom. The molecular formula is C14H26N2O.